The number of sulfonamides is 1. The molecule has 0 atom stereocenters. The monoisotopic (exact) mass is 276 g/mol. The van der Waals surface area contributed by atoms with Crippen molar-refractivity contribution in [2.75, 3.05) is 0 Å². The van der Waals surface area contributed by atoms with Crippen LogP contribution in [0.5, 0.6) is 0 Å². The molecule has 0 aliphatic heterocycles. The Balaban J connectivity index is 3.40. The van der Waals surface area contributed by atoms with Crippen LogP contribution in [-0.4, -0.2) is 19.4 Å². The molecule has 6 nitrogen and oxygen atoms in total. The fourth-order valence-corrected chi connectivity index (χ4v) is 2.74. The summed E-state index contributed by atoms with van der Waals surface area (Å²) in [7, 11) is -3.88. The minimum Gasteiger partial charge on any atom is -0.258 e. The number of hydrogen-bond donors (Lipinski definition) is 1. The van der Waals surface area contributed by atoms with E-state index in [1.807, 2.05) is 0 Å². The Morgan fingerprint density at radius 2 is 1.94 bits per heavy atom. The standard InChI is InChI=1S/C10H13FN2O4S/c1-6(2)12-18(16,17)8-4-7(3)10(11)9(5-8)13(14)15/h4-6,12H,1-3H3. The third kappa shape index (κ3) is 3.02. The molecule has 0 radical (unpaired) electrons. The summed E-state index contributed by atoms with van der Waals surface area (Å²) in [4.78, 5) is 9.36. The Morgan fingerprint density at radius 3 is 2.39 bits per heavy atom. The number of hydrogen-bond acceptors (Lipinski definition) is 4. The van der Waals surface area contributed by atoms with Crippen LogP contribution in [0.25, 0.3) is 0 Å². The molecular formula is C10H13FN2O4S. The summed E-state index contributed by atoms with van der Waals surface area (Å²) in [5.74, 6) is -1.02. The number of nitro groups is 1. The fourth-order valence-electron chi connectivity index (χ4n) is 1.38. The van der Waals surface area contributed by atoms with Gasteiger partial charge in [0, 0.05) is 12.1 Å². The highest BCUT2D eigenvalue weighted by Crippen LogP contribution is 2.25. The van der Waals surface area contributed by atoms with Crippen LogP contribution in [0.3, 0.4) is 0 Å². The van der Waals surface area contributed by atoms with Gasteiger partial charge in [0.2, 0.25) is 15.8 Å². The van der Waals surface area contributed by atoms with E-state index in [1.54, 1.807) is 13.8 Å². The van der Waals surface area contributed by atoms with Crippen molar-refractivity contribution in [1.29, 1.82) is 0 Å². The first-order valence-electron chi connectivity index (χ1n) is 5.12. The molecule has 0 saturated heterocycles. The van der Waals surface area contributed by atoms with Gasteiger partial charge in [-0.3, -0.25) is 10.1 Å². The number of nitrogens with one attached hydrogen (secondary N) is 1. The minimum atomic E-state index is -3.88. The Hall–Kier alpha value is -1.54. The molecule has 0 heterocycles. The second-order valence-electron chi connectivity index (χ2n) is 4.11. The number of benzene rings is 1. The highest BCUT2D eigenvalue weighted by Gasteiger charge is 2.24. The zero-order valence-corrected chi connectivity index (χ0v) is 10.9. The average molecular weight is 276 g/mol. The molecule has 1 aromatic rings. The zero-order chi connectivity index (χ0) is 14.1. The lowest BCUT2D eigenvalue weighted by Gasteiger charge is -2.10. The van der Waals surface area contributed by atoms with Crippen LogP contribution < -0.4 is 4.72 Å². The van der Waals surface area contributed by atoms with Crippen molar-refractivity contribution in [3.63, 3.8) is 0 Å². The van der Waals surface area contributed by atoms with Gasteiger partial charge in [0.1, 0.15) is 0 Å². The van der Waals surface area contributed by atoms with Crippen molar-refractivity contribution in [3.05, 3.63) is 33.6 Å². The summed E-state index contributed by atoms with van der Waals surface area (Å²) >= 11 is 0. The first-order chi connectivity index (χ1) is 8.15. The molecule has 0 fully saturated rings. The maximum atomic E-state index is 13.4. The Bertz CT molecular complexity index is 584. The number of nitrogens with zero attached hydrogens (tertiary/aromatic N) is 1. The van der Waals surface area contributed by atoms with Gasteiger partial charge in [0.15, 0.2) is 0 Å². The Labute approximate surface area is 104 Å². The van der Waals surface area contributed by atoms with Crippen LogP contribution >= 0.6 is 0 Å². The van der Waals surface area contributed by atoms with E-state index in [0.717, 1.165) is 6.07 Å². The Morgan fingerprint density at radius 1 is 1.39 bits per heavy atom. The average Bonchev–Trinajstić information content (AvgIpc) is 2.19. The van der Waals surface area contributed by atoms with E-state index < -0.39 is 26.5 Å². The minimum absolute atomic E-state index is 0.0895. The van der Waals surface area contributed by atoms with Crippen molar-refractivity contribution >= 4 is 15.7 Å². The van der Waals surface area contributed by atoms with E-state index in [0.29, 0.717) is 6.07 Å². The van der Waals surface area contributed by atoms with Gasteiger partial charge in [-0.05, 0) is 32.4 Å². The van der Waals surface area contributed by atoms with Crippen LogP contribution in [0, 0.1) is 22.9 Å². The summed E-state index contributed by atoms with van der Waals surface area (Å²) in [6.07, 6.45) is 0. The first-order valence-corrected chi connectivity index (χ1v) is 6.60. The number of aryl methyl sites for hydroxylation is 1. The molecular weight excluding hydrogens is 263 g/mol. The fraction of sp³-hybridized carbons (Fsp3) is 0.400. The predicted molar refractivity (Wildman–Crippen MR) is 63.2 cm³/mol. The van der Waals surface area contributed by atoms with Gasteiger partial charge in [-0.1, -0.05) is 0 Å². The summed E-state index contributed by atoms with van der Waals surface area (Å²) in [5, 5.41) is 10.6. The molecule has 0 bridgehead atoms. The van der Waals surface area contributed by atoms with Crippen LogP contribution in [0.1, 0.15) is 19.4 Å². The third-order valence-corrected chi connectivity index (χ3v) is 3.74. The molecule has 1 N–H and O–H groups in total. The van der Waals surface area contributed by atoms with Crippen molar-refractivity contribution in [3.8, 4) is 0 Å². The molecule has 0 aromatic heterocycles. The first kappa shape index (κ1) is 14.5. The van der Waals surface area contributed by atoms with Crippen LogP contribution in [0.2, 0.25) is 0 Å². The van der Waals surface area contributed by atoms with E-state index in [9.17, 15) is 22.9 Å². The molecule has 0 spiro atoms. The van der Waals surface area contributed by atoms with Crippen molar-refractivity contribution in [2.24, 2.45) is 0 Å². The number of halogens is 1. The molecule has 1 aromatic carbocycles. The second-order valence-corrected chi connectivity index (χ2v) is 5.82. The second kappa shape index (κ2) is 4.99. The quantitative estimate of drug-likeness (QED) is 0.670. The summed E-state index contributed by atoms with van der Waals surface area (Å²) in [6, 6.07) is 1.42. The molecule has 0 saturated carbocycles. The maximum absolute atomic E-state index is 13.4. The number of nitro benzene ring substituents is 1. The van der Waals surface area contributed by atoms with Gasteiger partial charge >= 0.3 is 5.69 Å². The van der Waals surface area contributed by atoms with Crippen LogP contribution in [0.15, 0.2) is 17.0 Å². The summed E-state index contributed by atoms with van der Waals surface area (Å²) in [5.41, 5.74) is -0.938. The molecule has 1 rings (SSSR count). The van der Waals surface area contributed by atoms with Crippen molar-refractivity contribution in [2.45, 2.75) is 31.7 Å². The Kier molecular flexibility index (Phi) is 4.02. The maximum Gasteiger partial charge on any atom is 0.306 e. The zero-order valence-electron chi connectivity index (χ0n) is 10.1. The highest BCUT2D eigenvalue weighted by molar-refractivity contribution is 7.89. The van der Waals surface area contributed by atoms with E-state index in [-0.39, 0.29) is 16.5 Å². The van der Waals surface area contributed by atoms with E-state index in [2.05, 4.69) is 4.72 Å². The molecule has 0 amide bonds. The molecule has 0 aliphatic rings. The highest BCUT2D eigenvalue weighted by atomic mass is 32.2. The molecule has 18 heavy (non-hydrogen) atoms. The van der Waals surface area contributed by atoms with Crippen molar-refractivity contribution < 1.29 is 17.7 Å². The predicted octanol–water partition coefficient (Wildman–Crippen LogP) is 1.73. The third-order valence-electron chi connectivity index (χ3n) is 2.11. The molecule has 100 valence electrons. The van der Waals surface area contributed by atoms with Crippen LogP contribution in [0.4, 0.5) is 10.1 Å². The summed E-state index contributed by atoms with van der Waals surface area (Å²) in [6.45, 7) is 4.50. The molecule has 8 heteroatoms. The normalized spacial score (nSPS) is 11.8. The van der Waals surface area contributed by atoms with E-state index in [1.165, 1.54) is 6.92 Å². The van der Waals surface area contributed by atoms with Gasteiger partial charge in [-0.15, -0.1) is 0 Å². The van der Waals surface area contributed by atoms with Gasteiger partial charge in [-0.25, -0.2) is 13.1 Å². The van der Waals surface area contributed by atoms with Gasteiger partial charge in [0.05, 0.1) is 9.82 Å². The van der Waals surface area contributed by atoms with E-state index >= 15 is 0 Å². The lowest BCUT2D eigenvalue weighted by atomic mass is 10.2. The van der Waals surface area contributed by atoms with Gasteiger partial charge in [0.25, 0.3) is 0 Å². The molecule has 0 unspecified atom stereocenters. The van der Waals surface area contributed by atoms with Gasteiger partial charge in [-0.2, -0.15) is 4.39 Å². The smallest absolute Gasteiger partial charge is 0.258 e. The SMILES string of the molecule is Cc1cc(S(=O)(=O)NC(C)C)cc([N+](=O)[O-])c1F. The van der Waals surface area contributed by atoms with Crippen LogP contribution in [-0.2, 0) is 10.0 Å². The molecule has 0 aliphatic carbocycles. The lowest BCUT2D eigenvalue weighted by Crippen LogP contribution is -2.30. The lowest BCUT2D eigenvalue weighted by molar-refractivity contribution is -0.387. The van der Waals surface area contributed by atoms with E-state index in [4.69, 9.17) is 0 Å². The number of rotatable bonds is 4. The topological polar surface area (TPSA) is 89.3 Å². The van der Waals surface area contributed by atoms with Crippen molar-refractivity contribution in [1.82, 2.24) is 4.72 Å². The largest absolute Gasteiger partial charge is 0.306 e. The summed E-state index contributed by atoms with van der Waals surface area (Å²) < 4.78 is 39.4. The van der Waals surface area contributed by atoms with Gasteiger partial charge < -0.3 is 0 Å².